The zero-order valence-electron chi connectivity index (χ0n) is 6.48. The summed E-state index contributed by atoms with van der Waals surface area (Å²) >= 11 is 0. The van der Waals surface area contributed by atoms with Crippen LogP contribution in [-0.4, -0.2) is 13.1 Å². The Hall–Kier alpha value is -0.550. The van der Waals surface area contributed by atoms with E-state index in [1.807, 2.05) is 0 Å². The molecule has 0 amide bonds. The molecule has 1 fully saturated rings. The van der Waals surface area contributed by atoms with Crippen molar-refractivity contribution in [2.24, 2.45) is 5.41 Å². The first-order chi connectivity index (χ1) is 4.77. The topological polar surface area (TPSA) is 35.8 Å². The predicted octanol–water partition coefficient (Wildman–Crippen LogP) is 1.29. The van der Waals surface area contributed by atoms with E-state index in [1.54, 1.807) is 0 Å². The Morgan fingerprint density at radius 3 is 2.90 bits per heavy atom. The highest BCUT2D eigenvalue weighted by Gasteiger charge is 2.24. The predicted molar refractivity (Wildman–Crippen MR) is 40.4 cm³/mol. The maximum Gasteiger partial charge on any atom is 0.0687 e. The fourth-order valence-corrected chi connectivity index (χ4v) is 1.33. The summed E-state index contributed by atoms with van der Waals surface area (Å²) in [5.41, 5.74) is -0.0521. The number of rotatable bonds is 0. The lowest BCUT2D eigenvalue weighted by molar-refractivity contribution is 0.392. The molecule has 10 heavy (non-hydrogen) atoms. The largest absolute Gasteiger partial charge is 0.317 e. The molecular formula is C8H14N2. The Morgan fingerprint density at radius 1 is 1.40 bits per heavy atom. The van der Waals surface area contributed by atoms with E-state index >= 15 is 0 Å². The van der Waals surface area contributed by atoms with Gasteiger partial charge in [0.1, 0.15) is 0 Å². The van der Waals surface area contributed by atoms with Crippen LogP contribution in [0.5, 0.6) is 0 Å². The van der Waals surface area contributed by atoms with Crippen molar-refractivity contribution in [2.45, 2.75) is 26.2 Å². The molecule has 2 nitrogen and oxygen atoms in total. The third-order valence-corrected chi connectivity index (χ3v) is 2.21. The van der Waals surface area contributed by atoms with Crippen LogP contribution >= 0.6 is 0 Å². The lowest BCUT2D eigenvalue weighted by Crippen LogP contribution is -2.17. The van der Waals surface area contributed by atoms with Crippen LogP contribution in [0.4, 0.5) is 0 Å². The average Bonchev–Trinajstić information content (AvgIpc) is 2.15. The summed E-state index contributed by atoms with van der Waals surface area (Å²) in [6.45, 7) is 4.14. The van der Waals surface area contributed by atoms with Gasteiger partial charge in [-0.05, 0) is 39.3 Å². The number of nitrogens with zero attached hydrogens (tertiary/aromatic N) is 1. The van der Waals surface area contributed by atoms with E-state index in [0.29, 0.717) is 0 Å². The lowest BCUT2D eigenvalue weighted by Gasteiger charge is -2.16. The van der Waals surface area contributed by atoms with E-state index in [9.17, 15) is 0 Å². The van der Waals surface area contributed by atoms with Crippen LogP contribution in [0.15, 0.2) is 0 Å². The molecule has 1 atom stereocenters. The highest BCUT2D eigenvalue weighted by molar-refractivity contribution is 4.96. The second kappa shape index (κ2) is 3.03. The van der Waals surface area contributed by atoms with Crippen molar-refractivity contribution < 1.29 is 0 Å². The Bertz CT molecular complexity index is 138. The zero-order valence-corrected chi connectivity index (χ0v) is 6.48. The highest BCUT2D eigenvalue weighted by Crippen LogP contribution is 2.27. The average molecular weight is 138 g/mol. The van der Waals surface area contributed by atoms with Crippen LogP contribution in [0.25, 0.3) is 0 Å². The maximum atomic E-state index is 8.80. The van der Waals surface area contributed by atoms with Crippen LogP contribution in [0.2, 0.25) is 0 Å². The van der Waals surface area contributed by atoms with E-state index in [1.165, 1.54) is 0 Å². The van der Waals surface area contributed by atoms with E-state index in [0.717, 1.165) is 32.4 Å². The van der Waals surface area contributed by atoms with Crippen molar-refractivity contribution in [2.75, 3.05) is 13.1 Å². The first kappa shape index (κ1) is 7.56. The van der Waals surface area contributed by atoms with Crippen LogP contribution in [-0.2, 0) is 0 Å². The molecule has 1 heterocycles. The second-order valence-corrected chi connectivity index (χ2v) is 3.28. The Kier molecular flexibility index (Phi) is 2.29. The van der Waals surface area contributed by atoms with Crippen molar-refractivity contribution >= 4 is 0 Å². The number of hydrogen-bond acceptors (Lipinski definition) is 2. The summed E-state index contributed by atoms with van der Waals surface area (Å²) in [5, 5.41) is 12.1. The molecule has 0 spiro atoms. The van der Waals surface area contributed by atoms with Crippen molar-refractivity contribution in [3.63, 3.8) is 0 Å². The summed E-state index contributed by atoms with van der Waals surface area (Å²) in [7, 11) is 0. The van der Waals surface area contributed by atoms with Crippen molar-refractivity contribution in [1.29, 1.82) is 5.26 Å². The minimum atomic E-state index is -0.0521. The number of nitrogens with one attached hydrogen (secondary N) is 1. The molecule has 56 valence electrons. The van der Waals surface area contributed by atoms with Gasteiger partial charge in [0.25, 0.3) is 0 Å². The normalized spacial score (nSPS) is 34.4. The van der Waals surface area contributed by atoms with Gasteiger partial charge in [-0.2, -0.15) is 5.26 Å². The Morgan fingerprint density at radius 2 is 2.20 bits per heavy atom. The summed E-state index contributed by atoms with van der Waals surface area (Å²) in [6, 6.07) is 2.38. The first-order valence-electron chi connectivity index (χ1n) is 3.89. The Labute approximate surface area is 62.2 Å². The minimum absolute atomic E-state index is 0.0521. The summed E-state index contributed by atoms with van der Waals surface area (Å²) in [4.78, 5) is 0. The highest BCUT2D eigenvalue weighted by atomic mass is 14.9. The van der Waals surface area contributed by atoms with Gasteiger partial charge < -0.3 is 5.32 Å². The third-order valence-electron chi connectivity index (χ3n) is 2.21. The van der Waals surface area contributed by atoms with E-state index in [4.69, 9.17) is 5.26 Å². The molecule has 1 aliphatic rings. The molecule has 0 aromatic rings. The lowest BCUT2D eigenvalue weighted by atomic mass is 9.85. The summed E-state index contributed by atoms with van der Waals surface area (Å²) in [5.74, 6) is 0. The SMILES string of the molecule is C[C@@]1(C#N)CCCNCC1. The van der Waals surface area contributed by atoms with Crippen LogP contribution in [0.3, 0.4) is 0 Å². The van der Waals surface area contributed by atoms with Gasteiger partial charge in [0.15, 0.2) is 0 Å². The van der Waals surface area contributed by atoms with Crippen molar-refractivity contribution in [3.8, 4) is 6.07 Å². The molecule has 0 aromatic carbocycles. The smallest absolute Gasteiger partial charge is 0.0687 e. The zero-order chi connectivity index (χ0) is 7.45. The van der Waals surface area contributed by atoms with Gasteiger partial charge in [0.05, 0.1) is 11.5 Å². The molecule has 0 radical (unpaired) electrons. The fraction of sp³-hybridized carbons (Fsp3) is 0.875. The fourth-order valence-electron chi connectivity index (χ4n) is 1.33. The molecular weight excluding hydrogens is 124 g/mol. The molecule has 1 N–H and O–H groups in total. The summed E-state index contributed by atoms with van der Waals surface area (Å²) in [6.07, 6.45) is 3.20. The molecule has 1 saturated heterocycles. The summed E-state index contributed by atoms with van der Waals surface area (Å²) < 4.78 is 0. The van der Waals surface area contributed by atoms with E-state index < -0.39 is 0 Å². The van der Waals surface area contributed by atoms with E-state index in [-0.39, 0.29) is 5.41 Å². The molecule has 1 aliphatic heterocycles. The van der Waals surface area contributed by atoms with Gasteiger partial charge >= 0.3 is 0 Å². The van der Waals surface area contributed by atoms with Gasteiger partial charge in [0.2, 0.25) is 0 Å². The van der Waals surface area contributed by atoms with E-state index in [2.05, 4.69) is 18.3 Å². The quantitative estimate of drug-likeness (QED) is 0.547. The van der Waals surface area contributed by atoms with Gasteiger partial charge in [-0.25, -0.2) is 0 Å². The molecule has 0 unspecified atom stereocenters. The van der Waals surface area contributed by atoms with Crippen LogP contribution in [0.1, 0.15) is 26.2 Å². The molecule has 0 aromatic heterocycles. The van der Waals surface area contributed by atoms with Gasteiger partial charge in [-0.3, -0.25) is 0 Å². The maximum absolute atomic E-state index is 8.80. The van der Waals surface area contributed by atoms with Crippen molar-refractivity contribution in [1.82, 2.24) is 5.32 Å². The molecule has 2 heteroatoms. The van der Waals surface area contributed by atoms with Crippen LogP contribution in [0, 0.1) is 16.7 Å². The third kappa shape index (κ3) is 1.71. The molecule has 0 saturated carbocycles. The van der Waals surface area contributed by atoms with Crippen molar-refractivity contribution in [3.05, 3.63) is 0 Å². The van der Waals surface area contributed by atoms with Gasteiger partial charge in [-0.1, -0.05) is 0 Å². The molecule has 0 bridgehead atoms. The first-order valence-corrected chi connectivity index (χ1v) is 3.89. The minimum Gasteiger partial charge on any atom is -0.317 e. The number of nitriles is 1. The van der Waals surface area contributed by atoms with Gasteiger partial charge in [0, 0.05) is 0 Å². The number of hydrogen-bond donors (Lipinski definition) is 1. The Balaban J connectivity index is 2.51. The monoisotopic (exact) mass is 138 g/mol. The standard InChI is InChI=1S/C8H14N2/c1-8(7-9)3-2-5-10-6-4-8/h10H,2-6H2,1H3/t8-/m1/s1. The molecule has 0 aliphatic carbocycles. The van der Waals surface area contributed by atoms with Crippen LogP contribution < -0.4 is 5.32 Å². The molecule has 1 rings (SSSR count). The second-order valence-electron chi connectivity index (χ2n) is 3.28. The van der Waals surface area contributed by atoms with Gasteiger partial charge in [-0.15, -0.1) is 0 Å².